The topological polar surface area (TPSA) is 81.1 Å². The number of rotatable bonds is 2. The van der Waals surface area contributed by atoms with Crippen molar-refractivity contribution in [2.24, 2.45) is 0 Å². The molecule has 1 atom stereocenters. The van der Waals surface area contributed by atoms with Crippen molar-refractivity contribution >= 4 is 5.91 Å². The van der Waals surface area contributed by atoms with E-state index in [1.165, 1.54) is 6.20 Å². The Morgan fingerprint density at radius 3 is 2.52 bits per heavy atom. The number of aryl methyl sites for hydroxylation is 3. The average Bonchev–Trinajstić information content (AvgIpc) is 2.54. The van der Waals surface area contributed by atoms with Crippen molar-refractivity contribution in [2.75, 3.05) is 19.7 Å². The minimum Gasteiger partial charge on any atom is -0.367 e. The van der Waals surface area contributed by atoms with E-state index in [-0.39, 0.29) is 12.0 Å². The van der Waals surface area contributed by atoms with Crippen molar-refractivity contribution in [2.45, 2.75) is 26.9 Å². The van der Waals surface area contributed by atoms with Gasteiger partial charge in [-0.05, 0) is 26.8 Å². The van der Waals surface area contributed by atoms with Gasteiger partial charge < -0.3 is 9.64 Å². The second-order valence-electron chi connectivity index (χ2n) is 5.66. The lowest BCUT2D eigenvalue weighted by atomic mass is 10.2. The first-order valence-corrected chi connectivity index (χ1v) is 7.54. The van der Waals surface area contributed by atoms with Crippen LogP contribution in [0.15, 0.2) is 18.5 Å². The summed E-state index contributed by atoms with van der Waals surface area (Å²) in [7, 11) is 0. The van der Waals surface area contributed by atoms with E-state index in [0.29, 0.717) is 31.2 Å². The second-order valence-corrected chi connectivity index (χ2v) is 5.66. The van der Waals surface area contributed by atoms with Crippen molar-refractivity contribution in [3.63, 3.8) is 0 Å². The molecule has 23 heavy (non-hydrogen) atoms. The highest BCUT2D eigenvalue weighted by Gasteiger charge is 2.28. The van der Waals surface area contributed by atoms with Gasteiger partial charge in [0.15, 0.2) is 5.82 Å². The van der Waals surface area contributed by atoms with Gasteiger partial charge in [0, 0.05) is 24.1 Å². The van der Waals surface area contributed by atoms with Gasteiger partial charge in [0.2, 0.25) is 0 Å². The van der Waals surface area contributed by atoms with Gasteiger partial charge in [0.25, 0.3) is 5.91 Å². The van der Waals surface area contributed by atoms with Gasteiger partial charge in [0.05, 0.1) is 25.0 Å². The van der Waals surface area contributed by atoms with Crippen molar-refractivity contribution in [3.8, 4) is 0 Å². The molecule has 0 saturated carbocycles. The van der Waals surface area contributed by atoms with Gasteiger partial charge in [-0.2, -0.15) is 0 Å². The van der Waals surface area contributed by atoms with Crippen LogP contribution in [-0.2, 0) is 4.74 Å². The van der Waals surface area contributed by atoms with Crippen LogP contribution >= 0.6 is 0 Å². The van der Waals surface area contributed by atoms with Crippen LogP contribution in [0.2, 0.25) is 0 Å². The van der Waals surface area contributed by atoms with Crippen molar-refractivity contribution in [1.82, 2.24) is 24.8 Å². The highest BCUT2D eigenvalue weighted by atomic mass is 16.5. The molecule has 7 nitrogen and oxygen atoms in total. The van der Waals surface area contributed by atoms with E-state index in [1.807, 2.05) is 26.8 Å². The number of carbonyl (C=O) groups is 1. The van der Waals surface area contributed by atoms with Gasteiger partial charge in [-0.15, -0.1) is 0 Å². The monoisotopic (exact) mass is 313 g/mol. The number of hydrogen-bond donors (Lipinski definition) is 0. The molecule has 1 amide bonds. The Labute approximate surface area is 134 Å². The van der Waals surface area contributed by atoms with Gasteiger partial charge >= 0.3 is 0 Å². The SMILES string of the molecule is Cc1cnc(C(=O)N2CCO[C@@H](c3nc(C)cc(C)n3)C2)cn1. The Morgan fingerprint density at radius 2 is 1.87 bits per heavy atom. The van der Waals surface area contributed by atoms with Crippen LogP contribution in [0, 0.1) is 20.8 Å². The van der Waals surface area contributed by atoms with E-state index in [9.17, 15) is 4.79 Å². The Kier molecular flexibility index (Phi) is 4.29. The van der Waals surface area contributed by atoms with E-state index < -0.39 is 0 Å². The van der Waals surface area contributed by atoms with Crippen LogP contribution in [0.5, 0.6) is 0 Å². The minimum atomic E-state index is -0.315. The highest BCUT2D eigenvalue weighted by molar-refractivity contribution is 5.92. The van der Waals surface area contributed by atoms with Crippen molar-refractivity contribution in [3.05, 3.63) is 47.1 Å². The fourth-order valence-electron chi connectivity index (χ4n) is 2.55. The number of aromatic nitrogens is 4. The summed E-state index contributed by atoms with van der Waals surface area (Å²) >= 11 is 0. The van der Waals surface area contributed by atoms with Gasteiger partial charge in [-0.25, -0.2) is 15.0 Å². The third kappa shape index (κ3) is 3.50. The van der Waals surface area contributed by atoms with Crippen LogP contribution in [0.3, 0.4) is 0 Å². The smallest absolute Gasteiger partial charge is 0.274 e. The first kappa shape index (κ1) is 15.5. The van der Waals surface area contributed by atoms with Crippen LogP contribution in [-0.4, -0.2) is 50.4 Å². The lowest BCUT2D eigenvalue weighted by Crippen LogP contribution is -2.43. The summed E-state index contributed by atoms with van der Waals surface area (Å²) in [4.78, 5) is 31.4. The standard InChI is InChI=1S/C16H19N5O2/c1-10-6-11(2)20-15(19-10)14-9-21(4-5-23-14)16(22)13-8-17-12(3)7-18-13/h6-8,14H,4-5,9H2,1-3H3/t14-/m1/s1. The van der Waals surface area contributed by atoms with Crippen LogP contribution in [0.4, 0.5) is 0 Å². The maximum Gasteiger partial charge on any atom is 0.274 e. The zero-order chi connectivity index (χ0) is 16.4. The predicted molar refractivity (Wildman–Crippen MR) is 82.9 cm³/mol. The van der Waals surface area contributed by atoms with E-state index in [2.05, 4.69) is 19.9 Å². The molecule has 0 bridgehead atoms. The first-order chi connectivity index (χ1) is 11.0. The third-order valence-corrected chi connectivity index (χ3v) is 3.64. The number of hydrogen-bond acceptors (Lipinski definition) is 6. The van der Waals surface area contributed by atoms with E-state index in [1.54, 1.807) is 11.1 Å². The van der Waals surface area contributed by atoms with Crippen molar-refractivity contribution in [1.29, 1.82) is 0 Å². The van der Waals surface area contributed by atoms with Gasteiger partial charge in [0.1, 0.15) is 11.8 Å². The van der Waals surface area contributed by atoms with Crippen molar-refractivity contribution < 1.29 is 9.53 Å². The Balaban J connectivity index is 1.77. The Hall–Kier alpha value is -2.41. The zero-order valence-electron chi connectivity index (χ0n) is 13.5. The number of carbonyl (C=O) groups excluding carboxylic acids is 1. The molecule has 7 heteroatoms. The van der Waals surface area contributed by atoms with Gasteiger partial charge in [-0.1, -0.05) is 0 Å². The fraction of sp³-hybridized carbons (Fsp3) is 0.438. The number of morpholine rings is 1. The molecule has 1 fully saturated rings. The molecule has 0 aromatic carbocycles. The summed E-state index contributed by atoms with van der Waals surface area (Å²) in [5, 5.41) is 0. The summed E-state index contributed by atoms with van der Waals surface area (Å²) in [6.45, 7) is 7.07. The Morgan fingerprint density at radius 1 is 1.13 bits per heavy atom. The zero-order valence-corrected chi connectivity index (χ0v) is 13.5. The normalized spacial score (nSPS) is 18.0. The molecule has 2 aromatic heterocycles. The molecule has 0 radical (unpaired) electrons. The molecule has 0 N–H and O–H groups in total. The predicted octanol–water partition coefficient (Wildman–Crippen LogP) is 1.41. The third-order valence-electron chi connectivity index (χ3n) is 3.64. The quantitative estimate of drug-likeness (QED) is 0.834. The maximum absolute atomic E-state index is 12.5. The lowest BCUT2D eigenvalue weighted by Gasteiger charge is -2.32. The van der Waals surface area contributed by atoms with E-state index in [0.717, 1.165) is 17.1 Å². The molecular weight excluding hydrogens is 294 g/mol. The first-order valence-electron chi connectivity index (χ1n) is 7.54. The average molecular weight is 313 g/mol. The summed E-state index contributed by atoms with van der Waals surface area (Å²) < 4.78 is 5.75. The lowest BCUT2D eigenvalue weighted by molar-refractivity contribution is -0.0271. The maximum atomic E-state index is 12.5. The molecule has 3 rings (SSSR count). The molecule has 3 heterocycles. The number of nitrogens with zero attached hydrogens (tertiary/aromatic N) is 5. The van der Waals surface area contributed by atoms with Gasteiger partial charge in [-0.3, -0.25) is 9.78 Å². The number of ether oxygens (including phenoxy) is 1. The van der Waals surface area contributed by atoms with E-state index in [4.69, 9.17) is 4.74 Å². The molecule has 1 aliphatic rings. The summed E-state index contributed by atoms with van der Waals surface area (Å²) in [5.74, 6) is 0.477. The second kappa shape index (κ2) is 6.37. The molecule has 0 unspecified atom stereocenters. The summed E-state index contributed by atoms with van der Waals surface area (Å²) in [6, 6.07) is 1.91. The molecule has 0 aliphatic carbocycles. The minimum absolute atomic E-state index is 0.143. The summed E-state index contributed by atoms with van der Waals surface area (Å²) in [6.07, 6.45) is 2.79. The molecule has 0 spiro atoms. The van der Waals surface area contributed by atoms with Crippen LogP contribution in [0.1, 0.15) is 39.5 Å². The summed E-state index contributed by atoms with van der Waals surface area (Å²) in [5.41, 5.74) is 2.91. The van der Waals surface area contributed by atoms with Crippen LogP contribution < -0.4 is 0 Å². The van der Waals surface area contributed by atoms with E-state index >= 15 is 0 Å². The number of amides is 1. The van der Waals surface area contributed by atoms with Crippen LogP contribution in [0.25, 0.3) is 0 Å². The highest BCUT2D eigenvalue weighted by Crippen LogP contribution is 2.21. The molecule has 1 aliphatic heterocycles. The molecular formula is C16H19N5O2. The molecule has 1 saturated heterocycles. The molecule has 2 aromatic rings. The fourth-order valence-corrected chi connectivity index (χ4v) is 2.55. The Bertz CT molecular complexity index is 697. The largest absolute Gasteiger partial charge is 0.367 e. The molecule has 120 valence electrons.